The number of piperidine rings is 1. The predicted molar refractivity (Wildman–Crippen MR) is 82.5 cm³/mol. The molecular weight excluding hydrogens is 248 g/mol. The van der Waals surface area contributed by atoms with Gasteiger partial charge in [-0.05, 0) is 62.9 Å². The minimum Gasteiger partial charge on any atom is -0.368 e. The lowest BCUT2D eigenvalue weighted by Gasteiger charge is -2.45. The topological polar surface area (TPSA) is 46.3 Å². The van der Waals surface area contributed by atoms with Crippen LogP contribution in [0, 0.1) is 13.8 Å². The lowest BCUT2D eigenvalue weighted by Crippen LogP contribution is -2.56. The molecule has 1 saturated heterocycles. The number of nitrogens with zero attached hydrogens (tertiary/aromatic N) is 1. The van der Waals surface area contributed by atoms with E-state index in [1.54, 1.807) is 0 Å². The van der Waals surface area contributed by atoms with E-state index in [9.17, 15) is 4.79 Å². The van der Waals surface area contributed by atoms with Gasteiger partial charge >= 0.3 is 0 Å². The highest BCUT2D eigenvalue weighted by Crippen LogP contribution is 2.38. The first-order chi connectivity index (χ1) is 9.54. The number of aryl methyl sites for hydroxylation is 2. The molecule has 0 radical (unpaired) electrons. The number of amides is 1. The molecule has 1 atom stereocenters. The molecule has 2 N–H and O–H groups in total. The van der Waals surface area contributed by atoms with Crippen LogP contribution < -0.4 is 5.73 Å². The maximum Gasteiger partial charge on any atom is 0.242 e. The van der Waals surface area contributed by atoms with E-state index in [0.717, 1.165) is 49.0 Å². The second kappa shape index (κ2) is 5.96. The second-order valence-corrected chi connectivity index (χ2v) is 5.89. The summed E-state index contributed by atoms with van der Waals surface area (Å²) >= 11 is 0. The smallest absolute Gasteiger partial charge is 0.242 e. The summed E-state index contributed by atoms with van der Waals surface area (Å²) in [6.45, 7) is 8.17. The Labute approximate surface area is 122 Å². The van der Waals surface area contributed by atoms with E-state index in [-0.39, 0.29) is 5.91 Å². The molecule has 0 bridgehead atoms. The van der Waals surface area contributed by atoms with E-state index < -0.39 is 5.54 Å². The number of rotatable bonds is 4. The lowest BCUT2D eigenvalue weighted by molar-refractivity contribution is -0.132. The van der Waals surface area contributed by atoms with E-state index in [4.69, 9.17) is 5.73 Å². The van der Waals surface area contributed by atoms with Gasteiger partial charge in [0.05, 0.1) is 0 Å². The van der Waals surface area contributed by atoms with Crippen molar-refractivity contribution in [3.63, 3.8) is 0 Å². The highest BCUT2D eigenvalue weighted by Gasteiger charge is 2.44. The van der Waals surface area contributed by atoms with Crippen LogP contribution in [-0.4, -0.2) is 23.9 Å². The number of carbonyl (C=O) groups is 1. The Hall–Kier alpha value is -1.35. The van der Waals surface area contributed by atoms with Gasteiger partial charge in [0.15, 0.2) is 0 Å². The number of hydrogen-bond acceptors (Lipinski definition) is 2. The molecule has 0 spiro atoms. The normalized spacial score (nSPS) is 19.6. The average Bonchev–Trinajstić information content (AvgIpc) is 2.44. The van der Waals surface area contributed by atoms with E-state index in [2.05, 4.69) is 37.8 Å². The fourth-order valence-corrected chi connectivity index (χ4v) is 3.75. The van der Waals surface area contributed by atoms with E-state index >= 15 is 0 Å². The van der Waals surface area contributed by atoms with Crippen molar-refractivity contribution in [2.75, 3.05) is 13.1 Å². The third-order valence-corrected chi connectivity index (χ3v) is 4.71. The molecule has 2 rings (SSSR count). The first-order valence-electron chi connectivity index (χ1n) is 7.65. The number of likely N-dealkylation sites (tertiary alicyclic amines) is 1. The van der Waals surface area contributed by atoms with Gasteiger partial charge in [-0.2, -0.15) is 0 Å². The van der Waals surface area contributed by atoms with Crippen molar-refractivity contribution in [2.24, 2.45) is 5.73 Å². The van der Waals surface area contributed by atoms with Crippen LogP contribution in [0.3, 0.4) is 0 Å². The van der Waals surface area contributed by atoms with Crippen LogP contribution in [0.5, 0.6) is 0 Å². The van der Waals surface area contributed by atoms with Gasteiger partial charge in [0.2, 0.25) is 5.91 Å². The summed E-state index contributed by atoms with van der Waals surface area (Å²) in [5, 5.41) is 0. The van der Waals surface area contributed by atoms with Crippen LogP contribution in [0.2, 0.25) is 0 Å². The molecule has 1 amide bonds. The molecule has 1 fully saturated rings. The average molecular weight is 274 g/mol. The molecule has 1 unspecified atom stereocenters. The van der Waals surface area contributed by atoms with Gasteiger partial charge < -0.3 is 5.73 Å². The van der Waals surface area contributed by atoms with Crippen LogP contribution in [0.1, 0.15) is 49.3 Å². The first kappa shape index (κ1) is 15.0. The Morgan fingerprint density at radius 1 is 1.20 bits per heavy atom. The standard InChI is InChI=1S/C17H26N2O/c1-4-17(16(18)20,19-11-6-5-7-12-19)15-13(2)9-8-10-14(15)3/h8-10H,4-7,11-12H2,1-3H3,(H2,18,20). The molecule has 1 aliphatic heterocycles. The number of carbonyl (C=O) groups excluding carboxylic acids is 1. The Morgan fingerprint density at radius 2 is 1.75 bits per heavy atom. The zero-order valence-corrected chi connectivity index (χ0v) is 12.9. The van der Waals surface area contributed by atoms with E-state index in [0.29, 0.717) is 0 Å². The van der Waals surface area contributed by atoms with Gasteiger partial charge in [0.25, 0.3) is 0 Å². The van der Waals surface area contributed by atoms with Crippen molar-refractivity contribution < 1.29 is 4.79 Å². The van der Waals surface area contributed by atoms with E-state index in [1.165, 1.54) is 6.42 Å². The number of nitrogens with two attached hydrogens (primary N) is 1. The van der Waals surface area contributed by atoms with Crippen molar-refractivity contribution in [3.8, 4) is 0 Å². The third kappa shape index (κ3) is 2.35. The molecule has 20 heavy (non-hydrogen) atoms. The fraction of sp³-hybridized carbons (Fsp3) is 0.588. The Bertz CT molecular complexity index is 472. The summed E-state index contributed by atoms with van der Waals surface area (Å²) in [5.74, 6) is -0.209. The highest BCUT2D eigenvalue weighted by atomic mass is 16.1. The summed E-state index contributed by atoms with van der Waals surface area (Å²) < 4.78 is 0. The van der Waals surface area contributed by atoms with Gasteiger partial charge in [-0.25, -0.2) is 0 Å². The van der Waals surface area contributed by atoms with E-state index in [1.807, 2.05) is 6.07 Å². The van der Waals surface area contributed by atoms with Gasteiger partial charge in [-0.3, -0.25) is 9.69 Å². The largest absolute Gasteiger partial charge is 0.368 e. The zero-order valence-electron chi connectivity index (χ0n) is 12.9. The molecule has 1 aromatic rings. The maximum absolute atomic E-state index is 12.4. The molecule has 3 nitrogen and oxygen atoms in total. The molecule has 0 aromatic heterocycles. The minimum absolute atomic E-state index is 0.209. The quantitative estimate of drug-likeness (QED) is 0.917. The fourth-order valence-electron chi connectivity index (χ4n) is 3.75. The first-order valence-corrected chi connectivity index (χ1v) is 7.65. The predicted octanol–water partition coefficient (Wildman–Crippen LogP) is 2.88. The molecular formula is C17H26N2O. The number of primary amides is 1. The molecule has 3 heteroatoms. The second-order valence-electron chi connectivity index (χ2n) is 5.89. The molecule has 0 saturated carbocycles. The molecule has 1 heterocycles. The summed E-state index contributed by atoms with van der Waals surface area (Å²) in [6.07, 6.45) is 4.29. The van der Waals surface area contributed by atoms with Crippen LogP contribution in [0.4, 0.5) is 0 Å². The summed E-state index contributed by atoms with van der Waals surface area (Å²) in [6, 6.07) is 6.21. The summed E-state index contributed by atoms with van der Waals surface area (Å²) in [5.41, 5.74) is 8.71. The maximum atomic E-state index is 12.4. The molecule has 1 aromatic carbocycles. The van der Waals surface area contributed by atoms with Crippen molar-refractivity contribution >= 4 is 5.91 Å². The van der Waals surface area contributed by atoms with Crippen LogP contribution >= 0.6 is 0 Å². The number of benzene rings is 1. The highest BCUT2D eigenvalue weighted by molar-refractivity contribution is 5.87. The minimum atomic E-state index is -0.643. The molecule has 1 aliphatic rings. The SMILES string of the molecule is CCC(C(N)=O)(c1c(C)cccc1C)N1CCCCC1. The van der Waals surface area contributed by atoms with Crippen LogP contribution in [0.25, 0.3) is 0 Å². The van der Waals surface area contributed by atoms with Crippen LogP contribution in [0.15, 0.2) is 18.2 Å². The van der Waals surface area contributed by atoms with Gasteiger partial charge in [0.1, 0.15) is 5.54 Å². The van der Waals surface area contributed by atoms with Crippen molar-refractivity contribution in [1.82, 2.24) is 4.90 Å². The van der Waals surface area contributed by atoms with Crippen molar-refractivity contribution in [3.05, 3.63) is 34.9 Å². The van der Waals surface area contributed by atoms with Crippen molar-refractivity contribution in [2.45, 2.75) is 52.0 Å². The third-order valence-electron chi connectivity index (χ3n) is 4.71. The summed E-state index contributed by atoms with van der Waals surface area (Å²) in [7, 11) is 0. The summed E-state index contributed by atoms with van der Waals surface area (Å²) in [4.78, 5) is 14.8. The van der Waals surface area contributed by atoms with Crippen LogP contribution in [-0.2, 0) is 10.3 Å². The Kier molecular flexibility index (Phi) is 4.48. The lowest BCUT2D eigenvalue weighted by atomic mass is 9.78. The molecule has 110 valence electrons. The van der Waals surface area contributed by atoms with Gasteiger partial charge in [-0.1, -0.05) is 31.5 Å². The van der Waals surface area contributed by atoms with Crippen molar-refractivity contribution in [1.29, 1.82) is 0 Å². The van der Waals surface area contributed by atoms with Gasteiger partial charge in [0, 0.05) is 0 Å². The van der Waals surface area contributed by atoms with Gasteiger partial charge in [-0.15, -0.1) is 0 Å². The number of hydrogen-bond donors (Lipinski definition) is 1. The Morgan fingerprint density at radius 3 is 2.20 bits per heavy atom. The zero-order chi connectivity index (χ0) is 14.8. The Balaban J connectivity index is 2.59. The molecule has 0 aliphatic carbocycles. The monoisotopic (exact) mass is 274 g/mol.